The van der Waals surface area contributed by atoms with Crippen molar-refractivity contribution >= 4 is 28.8 Å². The molecule has 1 amide bonds. The first-order chi connectivity index (χ1) is 8.88. The number of hydrogen-bond acceptors (Lipinski definition) is 3. The largest absolute Gasteiger partial charge is 0.389 e. The zero-order valence-electron chi connectivity index (χ0n) is 11.2. The quantitative estimate of drug-likeness (QED) is 0.799. The number of hydrogen-bond donors (Lipinski definition) is 2. The third-order valence-electron chi connectivity index (χ3n) is 2.89. The molecule has 0 saturated carbocycles. The highest BCUT2D eigenvalue weighted by Gasteiger charge is 2.18. The smallest absolute Gasteiger partial charge is 0.224 e. The molecule has 0 fully saturated rings. The molecule has 0 aromatic heterocycles. The van der Waals surface area contributed by atoms with Crippen molar-refractivity contribution in [1.29, 1.82) is 0 Å². The lowest BCUT2D eigenvalue weighted by molar-refractivity contribution is -0.123. The fourth-order valence-electron chi connectivity index (χ4n) is 1.91. The summed E-state index contributed by atoms with van der Waals surface area (Å²) >= 11 is 4.88. The highest BCUT2D eigenvalue weighted by molar-refractivity contribution is 7.80. The first kappa shape index (κ1) is 15.4. The Bertz CT molecular complexity index is 493. The van der Waals surface area contributed by atoms with Gasteiger partial charge >= 0.3 is 0 Å². The van der Waals surface area contributed by atoms with E-state index in [0.29, 0.717) is 12.2 Å². The van der Waals surface area contributed by atoms with E-state index in [1.165, 1.54) is 6.07 Å². The van der Waals surface area contributed by atoms with Crippen molar-refractivity contribution in [2.45, 2.75) is 6.92 Å². The third-order valence-corrected chi connectivity index (χ3v) is 3.10. The van der Waals surface area contributed by atoms with E-state index in [1.54, 1.807) is 38.1 Å². The molecule has 1 atom stereocenters. The van der Waals surface area contributed by atoms with Crippen LogP contribution in [0.2, 0.25) is 0 Å². The van der Waals surface area contributed by atoms with Crippen LogP contribution >= 0.6 is 12.2 Å². The summed E-state index contributed by atoms with van der Waals surface area (Å²) in [5.74, 6) is -0.748. The van der Waals surface area contributed by atoms with Crippen molar-refractivity contribution in [3.05, 3.63) is 29.6 Å². The van der Waals surface area contributed by atoms with Crippen LogP contribution in [0.1, 0.15) is 12.5 Å². The molecule has 3 N–H and O–H groups in total. The van der Waals surface area contributed by atoms with Crippen molar-refractivity contribution in [2.24, 2.45) is 11.7 Å². The molecule has 0 saturated heterocycles. The summed E-state index contributed by atoms with van der Waals surface area (Å²) in [6, 6.07) is 4.63. The molecule has 0 radical (unpaired) electrons. The maximum Gasteiger partial charge on any atom is 0.224 e. The molecule has 0 aliphatic carbocycles. The summed E-state index contributed by atoms with van der Waals surface area (Å²) in [5, 5.41) is 2.58. The summed E-state index contributed by atoms with van der Waals surface area (Å²) in [4.78, 5) is 13.3. The Morgan fingerprint density at radius 1 is 1.58 bits per heavy atom. The van der Waals surface area contributed by atoms with Gasteiger partial charge in [0.1, 0.15) is 10.8 Å². The third kappa shape index (κ3) is 3.64. The number of carbonyl (C=O) groups is 1. The highest BCUT2D eigenvalue weighted by Crippen LogP contribution is 2.23. The number of amides is 1. The second-order valence-electron chi connectivity index (χ2n) is 4.39. The average Bonchev–Trinajstić information content (AvgIpc) is 2.36. The second kappa shape index (κ2) is 6.47. The van der Waals surface area contributed by atoms with Crippen LogP contribution in [0, 0.1) is 11.7 Å². The van der Waals surface area contributed by atoms with Crippen molar-refractivity contribution in [1.82, 2.24) is 5.32 Å². The van der Waals surface area contributed by atoms with Gasteiger partial charge in [0.25, 0.3) is 0 Å². The minimum atomic E-state index is -0.454. The van der Waals surface area contributed by atoms with E-state index in [9.17, 15) is 9.18 Å². The molecule has 0 bridgehead atoms. The van der Waals surface area contributed by atoms with Gasteiger partial charge in [-0.1, -0.05) is 25.2 Å². The topological polar surface area (TPSA) is 58.4 Å². The lowest BCUT2D eigenvalue weighted by atomic mass is 10.1. The van der Waals surface area contributed by atoms with Crippen molar-refractivity contribution in [3.8, 4) is 0 Å². The zero-order chi connectivity index (χ0) is 14.6. The van der Waals surface area contributed by atoms with Crippen LogP contribution in [-0.4, -0.2) is 31.5 Å². The van der Waals surface area contributed by atoms with Crippen LogP contribution in [-0.2, 0) is 4.79 Å². The molecular formula is C13H18FN3OS. The average molecular weight is 283 g/mol. The minimum absolute atomic E-state index is 0.00699. The van der Waals surface area contributed by atoms with Gasteiger partial charge in [-0.3, -0.25) is 4.79 Å². The summed E-state index contributed by atoms with van der Waals surface area (Å²) < 4.78 is 13.7. The van der Waals surface area contributed by atoms with Gasteiger partial charge in [-0.25, -0.2) is 4.39 Å². The standard InChI is InChI=1S/C13H18FN3OS/c1-8(13(18)16-2)7-17(3)10-6-4-5-9(14)11(10)12(15)19/h4-6,8H,7H2,1-3H3,(H2,15,19)(H,16,18). The van der Waals surface area contributed by atoms with Crippen LogP contribution < -0.4 is 16.0 Å². The number of carbonyl (C=O) groups excluding carboxylic acids is 1. The molecule has 6 heteroatoms. The number of thiocarbonyl (C=S) groups is 1. The van der Waals surface area contributed by atoms with Gasteiger partial charge in [0.2, 0.25) is 5.91 Å². The Balaban J connectivity index is 3.00. The van der Waals surface area contributed by atoms with E-state index < -0.39 is 5.82 Å². The molecule has 4 nitrogen and oxygen atoms in total. The van der Waals surface area contributed by atoms with Gasteiger partial charge in [-0.2, -0.15) is 0 Å². The van der Waals surface area contributed by atoms with Gasteiger partial charge in [0, 0.05) is 26.3 Å². The van der Waals surface area contributed by atoms with Crippen LogP contribution in [0.3, 0.4) is 0 Å². The number of nitrogens with two attached hydrogens (primary N) is 1. The molecule has 1 unspecified atom stereocenters. The monoisotopic (exact) mass is 283 g/mol. The van der Waals surface area contributed by atoms with E-state index >= 15 is 0 Å². The van der Waals surface area contributed by atoms with Gasteiger partial charge in [0.05, 0.1) is 11.5 Å². The minimum Gasteiger partial charge on any atom is -0.389 e. The van der Waals surface area contributed by atoms with Gasteiger partial charge in [-0.05, 0) is 12.1 Å². The van der Waals surface area contributed by atoms with Crippen LogP contribution in [0.15, 0.2) is 18.2 Å². The second-order valence-corrected chi connectivity index (χ2v) is 4.83. The van der Waals surface area contributed by atoms with E-state index in [0.717, 1.165) is 0 Å². The molecule has 0 aliphatic heterocycles. The molecule has 0 heterocycles. The molecule has 1 aromatic rings. The number of benzene rings is 1. The summed E-state index contributed by atoms with van der Waals surface area (Å²) in [6.45, 7) is 2.24. The van der Waals surface area contributed by atoms with Crippen molar-refractivity contribution in [2.75, 3.05) is 25.5 Å². The van der Waals surface area contributed by atoms with Crippen LogP contribution in [0.5, 0.6) is 0 Å². The number of halogens is 1. The Hall–Kier alpha value is -1.69. The van der Waals surface area contributed by atoms with E-state index in [1.807, 2.05) is 0 Å². The number of anilines is 1. The van der Waals surface area contributed by atoms with Crippen molar-refractivity contribution < 1.29 is 9.18 Å². The number of nitrogens with zero attached hydrogens (tertiary/aromatic N) is 1. The predicted molar refractivity (Wildman–Crippen MR) is 78.8 cm³/mol. The Morgan fingerprint density at radius 2 is 2.21 bits per heavy atom. The Kier molecular flexibility index (Phi) is 5.23. The SMILES string of the molecule is CNC(=O)C(C)CN(C)c1cccc(F)c1C(N)=S. The molecule has 0 aliphatic rings. The molecule has 0 spiro atoms. The van der Waals surface area contributed by atoms with Gasteiger partial charge < -0.3 is 16.0 Å². The molecule has 1 aromatic carbocycles. The first-order valence-corrected chi connectivity index (χ1v) is 6.30. The number of rotatable bonds is 5. The molecular weight excluding hydrogens is 265 g/mol. The summed E-state index contributed by atoms with van der Waals surface area (Å²) in [7, 11) is 3.36. The first-order valence-electron chi connectivity index (χ1n) is 5.89. The fraction of sp³-hybridized carbons (Fsp3) is 0.385. The zero-order valence-corrected chi connectivity index (χ0v) is 12.1. The molecule has 104 valence electrons. The Labute approximate surface area is 117 Å². The summed E-state index contributed by atoms with van der Waals surface area (Å²) in [6.07, 6.45) is 0. The normalized spacial score (nSPS) is 11.8. The van der Waals surface area contributed by atoms with Crippen molar-refractivity contribution in [3.63, 3.8) is 0 Å². The maximum atomic E-state index is 13.7. The van der Waals surface area contributed by atoms with Gasteiger partial charge in [0.15, 0.2) is 0 Å². The van der Waals surface area contributed by atoms with E-state index in [2.05, 4.69) is 5.32 Å². The Morgan fingerprint density at radius 3 is 2.74 bits per heavy atom. The molecule has 19 heavy (non-hydrogen) atoms. The molecule has 1 rings (SSSR count). The summed E-state index contributed by atoms with van der Waals surface area (Å²) in [5.41, 5.74) is 6.35. The van der Waals surface area contributed by atoms with E-state index in [4.69, 9.17) is 18.0 Å². The van der Waals surface area contributed by atoms with Gasteiger partial charge in [-0.15, -0.1) is 0 Å². The van der Waals surface area contributed by atoms with E-state index in [-0.39, 0.29) is 22.4 Å². The predicted octanol–water partition coefficient (Wildman–Crippen LogP) is 1.28. The van der Waals surface area contributed by atoms with Crippen LogP contribution in [0.4, 0.5) is 10.1 Å². The maximum absolute atomic E-state index is 13.7. The number of nitrogens with one attached hydrogen (secondary N) is 1. The fourth-order valence-corrected chi connectivity index (χ4v) is 2.12. The van der Waals surface area contributed by atoms with Crippen LogP contribution in [0.25, 0.3) is 0 Å². The highest BCUT2D eigenvalue weighted by atomic mass is 32.1. The lowest BCUT2D eigenvalue weighted by Gasteiger charge is -2.25. The lowest BCUT2D eigenvalue weighted by Crippen LogP contribution is -2.35.